The zero-order chi connectivity index (χ0) is 17.4. The van der Waals surface area contributed by atoms with Gasteiger partial charge in [-0.15, -0.1) is 11.3 Å². The number of aryl methyl sites for hydroxylation is 3. The lowest BCUT2D eigenvalue weighted by Crippen LogP contribution is -2.06. The average Bonchev–Trinajstić information content (AvgIpc) is 2.98. The van der Waals surface area contributed by atoms with E-state index < -0.39 is 5.97 Å². The van der Waals surface area contributed by atoms with Gasteiger partial charge in [0.15, 0.2) is 0 Å². The van der Waals surface area contributed by atoms with Crippen molar-refractivity contribution < 1.29 is 9.90 Å². The van der Waals surface area contributed by atoms with Gasteiger partial charge in [-0.1, -0.05) is 12.1 Å². The highest BCUT2D eigenvalue weighted by molar-refractivity contribution is 7.19. The van der Waals surface area contributed by atoms with Gasteiger partial charge in [0.2, 0.25) is 0 Å². The molecule has 2 aromatic heterocycles. The van der Waals surface area contributed by atoms with Crippen LogP contribution in [-0.2, 0) is 19.4 Å². The molecule has 1 aliphatic carbocycles. The van der Waals surface area contributed by atoms with Crippen molar-refractivity contribution in [1.29, 1.82) is 0 Å². The van der Waals surface area contributed by atoms with Crippen LogP contribution < -0.4 is 5.32 Å². The van der Waals surface area contributed by atoms with Crippen LogP contribution in [0.15, 0.2) is 24.3 Å². The van der Waals surface area contributed by atoms with Crippen molar-refractivity contribution in [2.45, 2.75) is 39.2 Å². The Morgan fingerprint density at radius 1 is 1.20 bits per heavy atom. The number of carboxylic acid groups (broad SMARTS) is 1. The molecule has 0 radical (unpaired) electrons. The smallest absolute Gasteiger partial charge is 0.335 e. The predicted octanol–water partition coefficient (Wildman–Crippen LogP) is 4.19. The summed E-state index contributed by atoms with van der Waals surface area (Å²) in [6.07, 6.45) is 4.73. The van der Waals surface area contributed by atoms with E-state index in [9.17, 15) is 4.79 Å². The number of benzene rings is 1. The van der Waals surface area contributed by atoms with Crippen LogP contribution in [0.4, 0.5) is 5.82 Å². The molecule has 0 fully saturated rings. The Labute approximate surface area is 149 Å². The minimum atomic E-state index is -0.905. The highest BCUT2D eigenvalue weighted by Crippen LogP contribution is 2.38. The third-order valence-corrected chi connectivity index (χ3v) is 5.77. The molecule has 1 aromatic carbocycles. The van der Waals surface area contributed by atoms with Crippen molar-refractivity contribution in [2.75, 3.05) is 5.32 Å². The van der Waals surface area contributed by atoms with E-state index in [2.05, 4.69) is 15.3 Å². The van der Waals surface area contributed by atoms with Crippen LogP contribution in [0.3, 0.4) is 0 Å². The first kappa shape index (κ1) is 16.0. The zero-order valence-electron chi connectivity index (χ0n) is 14.0. The summed E-state index contributed by atoms with van der Waals surface area (Å²) in [5, 5.41) is 13.6. The Bertz CT molecular complexity index is 947. The molecule has 0 unspecified atom stereocenters. The molecule has 0 spiro atoms. The van der Waals surface area contributed by atoms with E-state index in [-0.39, 0.29) is 0 Å². The first-order valence-corrected chi connectivity index (χ1v) is 9.28. The van der Waals surface area contributed by atoms with Gasteiger partial charge in [0, 0.05) is 11.4 Å². The van der Waals surface area contributed by atoms with Crippen molar-refractivity contribution in [2.24, 2.45) is 0 Å². The maximum Gasteiger partial charge on any atom is 0.335 e. The minimum Gasteiger partial charge on any atom is -0.478 e. The van der Waals surface area contributed by atoms with Crippen LogP contribution in [0.2, 0.25) is 0 Å². The van der Waals surface area contributed by atoms with Gasteiger partial charge in [0.25, 0.3) is 0 Å². The predicted molar refractivity (Wildman–Crippen MR) is 99.5 cm³/mol. The molecular weight excluding hydrogens is 334 g/mol. The maximum absolute atomic E-state index is 11.0. The Hall–Kier alpha value is -2.47. The Kier molecular flexibility index (Phi) is 4.13. The number of nitrogens with one attached hydrogen (secondary N) is 1. The molecule has 3 aromatic rings. The maximum atomic E-state index is 11.0. The molecular formula is C19H19N3O2S. The molecule has 2 N–H and O–H groups in total. The summed E-state index contributed by atoms with van der Waals surface area (Å²) >= 11 is 1.80. The Morgan fingerprint density at radius 3 is 2.72 bits per heavy atom. The van der Waals surface area contributed by atoms with Gasteiger partial charge in [-0.05, 0) is 55.9 Å². The molecule has 5 nitrogen and oxygen atoms in total. The first-order valence-electron chi connectivity index (χ1n) is 8.47. The summed E-state index contributed by atoms with van der Waals surface area (Å²) in [5.74, 6) is 0.761. The van der Waals surface area contributed by atoms with E-state index in [0.29, 0.717) is 12.1 Å². The number of aromatic nitrogens is 2. The topological polar surface area (TPSA) is 75.1 Å². The molecule has 6 heteroatoms. The largest absolute Gasteiger partial charge is 0.478 e. The molecule has 25 heavy (non-hydrogen) atoms. The van der Waals surface area contributed by atoms with E-state index >= 15 is 0 Å². The summed E-state index contributed by atoms with van der Waals surface area (Å²) < 4.78 is 0. The van der Waals surface area contributed by atoms with Crippen molar-refractivity contribution >= 4 is 33.3 Å². The van der Waals surface area contributed by atoms with E-state index in [1.165, 1.54) is 28.7 Å². The van der Waals surface area contributed by atoms with Crippen LogP contribution in [0.1, 0.15) is 45.0 Å². The minimum absolute atomic E-state index is 0.302. The number of nitrogens with zero attached hydrogens (tertiary/aromatic N) is 2. The van der Waals surface area contributed by atoms with Crippen molar-refractivity contribution in [3.63, 3.8) is 0 Å². The number of anilines is 1. The quantitative estimate of drug-likeness (QED) is 0.736. The Morgan fingerprint density at radius 2 is 1.96 bits per heavy atom. The molecule has 0 atom stereocenters. The van der Waals surface area contributed by atoms with Crippen molar-refractivity contribution in [3.8, 4) is 0 Å². The number of hydrogen-bond donors (Lipinski definition) is 2. The lowest BCUT2D eigenvalue weighted by atomic mass is 9.97. The number of thiophene rings is 1. The van der Waals surface area contributed by atoms with Crippen LogP contribution in [0.5, 0.6) is 0 Å². The normalized spacial score (nSPS) is 13.6. The van der Waals surface area contributed by atoms with E-state index in [1.54, 1.807) is 23.5 Å². The number of aromatic carboxylic acids is 1. The van der Waals surface area contributed by atoms with Gasteiger partial charge in [0.1, 0.15) is 16.5 Å². The van der Waals surface area contributed by atoms with Crippen LogP contribution in [0, 0.1) is 6.92 Å². The molecule has 0 saturated heterocycles. The van der Waals surface area contributed by atoms with Crippen LogP contribution >= 0.6 is 11.3 Å². The van der Waals surface area contributed by atoms with Gasteiger partial charge < -0.3 is 10.4 Å². The summed E-state index contributed by atoms with van der Waals surface area (Å²) in [4.78, 5) is 22.7. The fraction of sp³-hybridized carbons (Fsp3) is 0.316. The molecule has 128 valence electrons. The molecule has 0 aliphatic heterocycles. The SMILES string of the molecule is Cc1nc(NCc2ccc(C(=O)O)cc2)c2c3c(sc2n1)CCCC3. The molecule has 4 rings (SSSR count). The van der Waals surface area contributed by atoms with E-state index in [1.807, 2.05) is 19.1 Å². The molecule has 0 saturated carbocycles. The molecule has 1 aliphatic rings. The second-order valence-electron chi connectivity index (χ2n) is 6.37. The lowest BCUT2D eigenvalue weighted by molar-refractivity contribution is 0.0697. The number of carboxylic acids is 1. The summed E-state index contributed by atoms with van der Waals surface area (Å²) in [6.45, 7) is 2.53. The van der Waals surface area contributed by atoms with Crippen LogP contribution in [0.25, 0.3) is 10.2 Å². The summed E-state index contributed by atoms with van der Waals surface area (Å²) in [7, 11) is 0. The van der Waals surface area contributed by atoms with E-state index in [4.69, 9.17) is 5.11 Å². The fourth-order valence-corrected chi connectivity index (χ4v) is 4.65. The van der Waals surface area contributed by atoms with Gasteiger partial charge in [0.05, 0.1) is 10.9 Å². The van der Waals surface area contributed by atoms with Crippen molar-refractivity contribution in [1.82, 2.24) is 9.97 Å². The average molecular weight is 353 g/mol. The Balaban J connectivity index is 1.64. The van der Waals surface area contributed by atoms with Gasteiger partial charge in [-0.25, -0.2) is 14.8 Å². The van der Waals surface area contributed by atoms with Crippen molar-refractivity contribution in [3.05, 3.63) is 51.7 Å². The van der Waals surface area contributed by atoms with Crippen LogP contribution in [-0.4, -0.2) is 21.0 Å². The second-order valence-corrected chi connectivity index (χ2v) is 7.45. The highest BCUT2D eigenvalue weighted by atomic mass is 32.1. The van der Waals surface area contributed by atoms with E-state index in [0.717, 1.165) is 34.9 Å². The number of rotatable bonds is 4. The molecule has 0 bridgehead atoms. The highest BCUT2D eigenvalue weighted by Gasteiger charge is 2.20. The fourth-order valence-electron chi connectivity index (χ4n) is 3.34. The number of fused-ring (bicyclic) bond motifs is 3. The summed E-state index contributed by atoms with van der Waals surface area (Å²) in [6, 6.07) is 6.94. The third kappa shape index (κ3) is 3.09. The van der Waals surface area contributed by atoms with Gasteiger partial charge in [-0.2, -0.15) is 0 Å². The number of hydrogen-bond acceptors (Lipinski definition) is 5. The van der Waals surface area contributed by atoms with Gasteiger partial charge >= 0.3 is 5.97 Å². The molecule has 2 heterocycles. The first-order chi connectivity index (χ1) is 12.1. The third-order valence-electron chi connectivity index (χ3n) is 4.59. The number of carbonyl (C=O) groups is 1. The lowest BCUT2D eigenvalue weighted by Gasteiger charge is -2.13. The monoisotopic (exact) mass is 353 g/mol. The second kappa shape index (κ2) is 6.44. The zero-order valence-corrected chi connectivity index (χ0v) is 14.8. The molecule has 0 amide bonds. The van der Waals surface area contributed by atoms with Gasteiger partial charge in [-0.3, -0.25) is 0 Å². The summed E-state index contributed by atoms with van der Waals surface area (Å²) in [5.41, 5.74) is 2.74. The standard InChI is InChI=1S/C19H19N3O2S/c1-11-21-17(20-10-12-6-8-13(9-7-12)19(23)24)16-14-4-2-3-5-15(14)25-18(16)22-11/h6-9H,2-5,10H2,1H3,(H,23,24)(H,20,21,22).